The van der Waals surface area contributed by atoms with Crippen molar-refractivity contribution in [2.75, 3.05) is 6.54 Å². The third-order valence-corrected chi connectivity index (χ3v) is 5.24. The smallest absolute Gasteiger partial charge is 0.198 e. The first-order chi connectivity index (χ1) is 10.6. The maximum Gasteiger partial charge on any atom is 0.198 e. The van der Waals surface area contributed by atoms with Gasteiger partial charge in [-0.05, 0) is 51.7 Å². The van der Waals surface area contributed by atoms with Crippen LogP contribution in [-0.4, -0.2) is 17.6 Å². The van der Waals surface area contributed by atoms with Crippen LogP contribution in [0.1, 0.15) is 49.4 Å². The van der Waals surface area contributed by atoms with Crippen molar-refractivity contribution < 1.29 is 4.90 Å². The van der Waals surface area contributed by atoms with Crippen LogP contribution >= 0.6 is 0 Å². The van der Waals surface area contributed by atoms with Gasteiger partial charge in [0.2, 0.25) is 0 Å². The van der Waals surface area contributed by atoms with Crippen LogP contribution < -0.4 is 10.3 Å². The van der Waals surface area contributed by atoms with Gasteiger partial charge in [0.05, 0.1) is 18.2 Å². The number of aromatic nitrogens is 1. The van der Waals surface area contributed by atoms with Gasteiger partial charge in [0.25, 0.3) is 0 Å². The number of quaternary nitrogens is 1. The predicted molar refractivity (Wildman–Crippen MR) is 91.5 cm³/mol. The molecule has 22 heavy (non-hydrogen) atoms. The van der Waals surface area contributed by atoms with Gasteiger partial charge in [0.15, 0.2) is 5.43 Å². The van der Waals surface area contributed by atoms with Crippen LogP contribution in [0.3, 0.4) is 0 Å². The average molecular weight is 299 g/mol. The van der Waals surface area contributed by atoms with E-state index in [-0.39, 0.29) is 5.43 Å². The summed E-state index contributed by atoms with van der Waals surface area (Å²) in [7, 11) is 0. The molecule has 2 heterocycles. The lowest BCUT2D eigenvalue weighted by Gasteiger charge is -2.32. The molecule has 1 aromatic carbocycles. The van der Waals surface area contributed by atoms with E-state index < -0.39 is 0 Å². The second kappa shape index (κ2) is 6.25. The first-order valence-corrected chi connectivity index (χ1v) is 8.57. The van der Waals surface area contributed by atoms with E-state index in [4.69, 9.17) is 0 Å². The Balaban J connectivity index is 2.01. The number of pyridine rings is 1. The second-order valence-electron chi connectivity index (χ2n) is 6.79. The van der Waals surface area contributed by atoms with E-state index in [2.05, 4.69) is 18.0 Å². The molecule has 118 valence electrons. The van der Waals surface area contributed by atoms with Crippen molar-refractivity contribution in [3.8, 4) is 0 Å². The molecular formula is C19H27N2O+. The minimum Gasteiger partial charge on any atom is -0.358 e. The zero-order chi connectivity index (χ0) is 15.7. The molecule has 3 nitrogen and oxygen atoms in total. The number of piperidine rings is 1. The van der Waals surface area contributed by atoms with Gasteiger partial charge in [-0.25, -0.2) is 0 Å². The average Bonchev–Trinajstić information content (AvgIpc) is 2.52. The van der Waals surface area contributed by atoms with Gasteiger partial charge in [-0.15, -0.1) is 0 Å². The van der Waals surface area contributed by atoms with Crippen molar-refractivity contribution in [1.82, 2.24) is 4.98 Å². The highest BCUT2D eigenvalue weighted by molar-refractivity contribution is 5.80. The van der Waals surface area contributed by atoms with Crippen LogP contribution in [0.15, 0.2) is 23.0 Å². The van der Waals surface area contributed by atoms with E-state index in [1.807, 2.05) is 26.0 Å². The van der Waals surface area contributed by atoms with E-state index in [0.29, 0.717) is 6.04 Å². The summed E-state index contributed by atoms with van der Waals surface area (Å²) in [4.78, 5) is 18.0. The van der Waals surface area contributed by atoms with Gasteiger partial charge < -0.3 is 9.88 Å². The van der Waals surface area contributed by atoms with Crippen molar-refractivity contribution in [2.24, 2.45) is 0 Å². The van der Waals surface area contributed by atoms with Crippen molar-refractivity contribution >= 4 is 10.9 Å². The zero-order valence-electron chi connectivity index (χ0n) is 14.0. The Labute approximate surface area is 132 Å². The van der Waals surface area contributed by atoms with Gasteiger partial charge in [0.1, 0.15) is 6.54 Å². The molecule has 0 spiro atoms. The molecule has 1 aliphatic heterocycles. The van der Waals surface area contributed by atoms with Crippen LogP contribution in [0, 0.1) is 13.8 Å². The molecule has 3 rings (SSSR count). The zero-order valence-corrected chi connectivity index (χ0v) is 14.0. The highest BCUT2D eigenvalue weighted by Crippen LogP contribution is 2.13. The number of aryl methyl sites for hydroxylation is 2. The number of fused-ring (bicyclic) bond motifs is 1. The van der Waals surface area contributed by atoms with E-state index in [9.17, 15) is 4.79 Å². The number of rotatable bonds is 3. The highest BCUT2D eigenvalue weighted by Gasteiger charge is 2.26. The fourth-order valence-electron chi connectivity index (χ4n) is 3.88. The molecule has 1 saturated heterocycles. The maximum absolute atomic E-state index is 12.9. The molecule has 0 bridgehead atoms. The molecule has 0 amide bonds. The van der Waals surface area contributed by atoms with Gasteiger partial charge in [-0.1, -0.05) is 18.6 Å². The summed E-state index contributed by atoms with van der Waals surface area (Å²) in [6.45, 7) is 8.42. The molecular weight excluding hydrogens is 272 g/mol. The lowest BCUT2D eigenvalue weighted by molar-refractivity contribution is -0.944. The first-order valence-electron chi connectivity index (χ1n) is 8.57. The Morgan fingerprint density at radius 3 is 2.86 bits per heavy atom. The summed E-state index contributed by atoms with van der Waals surface area (Å²) < 4.78 is 0. The number of hydrogen-bond acceptors (Lipinski definition) is 1. The Morgan fingerprint density at radius 2 is 2.09 bits per heavy atom. The van der Waals surface area contributed by atoms with Gasteiger partial charge in [0, 0.05) is 16.6 Å². The van der Waals surface area contributed by atoms with Crippen LogP contribution in [0.25, 0.3) is 10.9 Å². The van der Waals surface area contributed by atoms with Crippen molar-refractivity contribution in [3.63, 3.8) is 0 Å². The van der Waals surface area contributed by atoms with Gasteiger partial charge >= 0.3 is 0 Å². The van der Waals surface area contributed by atoms with Crippen molar-refractivity contribution in [2.45, 2.75) is 59.0 Å². The molecule has 1 aliphatic rings. The summed E-state index contributed by atoms with van der Waals surface area (Å²) in [6, 6.07) is 6.80. The van der Waals surface area contributed by atoms with Crippen LogP contribution in [0.2, 0.25) is 0 Å². The van der Waals surface area contributed by atoms with E-state index in [1.54, 1.807) is 4.90 Å². The van der Waals surface area contributed by atoms with Gasteiger partial charge in [-0.2, -0.15) is 0 Å². The fraction of sp³-hybridized carbons (Fsp3) is 0.526. The van der Waals surface area contributed by atoms with E-state index in [0.717, 1.165) is 34.3 Å². The molecule has 3 heteroatoms. The number of benzene rings is 1. The van der Waals surface area contributed by atoms with E-state index >= 15 is 0 Å². The number of H-pyrrole nitrogens is 1. The number of aromatic amines is 1. The van der Waals surface area contributed by atoms with Crippen molar-refractivity contribution in [1.29, 1.82) is 0 Å². The minimum atomic E-state index is 0.225. The van der Waals surface area contributed by atoms with Crippen LogP contribution in [0.5, 0.6) is 0 Å². The lowest BCUT2D eigenvalue weighted by Crippen LogP contribution is -3.15. The maximum atomic E-state index is 12.9. The summed E-state index contributed by atoms with van der Waals surface area (Å²) in [5, 5.41) is 0.838. The third kappa shape index (κ3) is 2.82. The number of nitrogens with one attached hydrogen (secondary N) is 2. The number of likely N-dealkylation sites (tertiary alicyclic amines) is 1. The molecule has 1 unspecified atom stereocenters. The molecule has 1 aromatic heterocycles. The van der Waals surface area contributed by atoms with Crippen molar-refractivity contribution in [3.05, 3.63) is 45.2 Å². The molecule has 2 aromatic rings. The summed E-state index contributed by atoms with van der Waals surface area (Å²) >= 11 is 0. The Hall–Kier alpha value is -1.61. The SMILES string of the molecule is CC[C@@H]1CCCC[NH+]1Cc1c(C)[nH]c2ccc(C)cc2c1=O. The predicted octanol–water partition coefficient (Wildman–Crippen LogP) is 2.49. The fourth-order valence-corrected chi connectivity index (χ4v) is 3.88. The topological polar surface area (TPSA) is 37.3 Å². The molecule has 2 atom stereocenters. The molecule has 1 fully saturated rings. The quantitative estimate of drug-likeness (QED) is 0.898. The first kappa shape index (κ1) is 15.3. The minimum absolute atomic E-state index is 0.225. The molecule has 0 aliphatic carbocycles. The summed E-state index contributed by atoms with van der Waals surface area (Å²) in [5.41, 5.74) is 4.34. The summed E-state index contributed by atoms with van der Waals surface area (Å²) in [6.07, 6.45) is 5.14. The van der Waals surface area contributed by atoms with Gasteiger partial charge in [-0.3, -0.25) is 4.79 Å². The largest absolute Gasteiger partial charge is 0.358 e. The lowest BCUT2D eigenvalue weighted by atomic mass is 9.98. The Kier molecular flexibility index (Phi) is 4.34. The normalized spacial score (nSPS) is 22.1. The highest BCUT2D eigenvalue weighted by atomic mass is 16.1. The Morgan fingerprint density at radius 1 is 1.27 bits per heavy atom. The molecule has 2 N–H and O–H groups in total. The van der Waals surface area contributed by atoms with E-state index in [1.165, 1.54) is 32.2 Å². The van der Waals surface area contributed by atoms with Crippen LogP contribution in [-0.2, 0) is 6.54 Å². The summed E-state index contributed by atoms with van der Waals surface area (Å²) in [5.74, 6) is 0. The third-order valence-electron chi connectivity index (χ3n) is 5.24. The Bertz CT molecular complexity index is 732. The van der Waals surface area contributed by atoms with Crippen LogP contribution in [0.4, 0.5) is 0 Å². The molecule has 0 saturated carbocycles. The number of hydrogen-bond donors (Lipinski definition) is 2. The monoisotopic (exact) mass is 299 g/mol. The second-order valence-corrected chi connectivity index (χ2v) is 6.79. The molecule has 0 radical (unpaired) electrons. The standard InChI is InChI=1S/C19H26N2O/c1-4-15-7-5-6-10-21(15)12-17-14(3)20-18-9-8-13(2)11-16(18)19(17)22/h8-9,11,15H,4-7,10,12H2,1-3H3,(H,20,22)/p+1/t15-/m1/s1.